The van der Waals surface area contributed by atoms with Gasteiger partial charge < -0.3 is 28.4 Å². The Balaban J connectivity index is 1.34. The normalized spacial score (nSPS) is 26.1. The Labute approximate surface area is 271 Å². The summed E-state index contributed by atoms with van der Waals surface area (Å²) in [5, 5.41) is 0. The average Bonchev–Trinajstić information content (AvgIpc) is 3.45. The predicted octanol–water partition coefficient (Wildman–Crippen LogP) is 6.68. The third-order valence-corrected chi connectivity index (χ3v) is 8.83. The van der Waals surface area contributed by atoms with E-state index in [2.05, 4.69) is 0 Å². The molecule has 6 rings (SSSR count). The predicted molar refractivity (Wildman–Crippen MR) is 173 cm³/mol. The molecule has 4 aromatic carbocycles. The molecule has 0 aliphatic carbocycles. The van der Waals surface area contributed by atoms with E-state index in [-0.39, 0.29) is 12.6 Å². The molecule has 2 fully saturated rings. The highest BCUT2D eigenvalue weighted by atomic mass is 16.6. The quantitative estimate of drug-likeness (QED) is 0.145. The summed E-state index contributed by atoms with van der Waals surface area (Å²) >= 11 is 0. The van der Waals surface area contributed by atoms with Gasteiger partial charge in [-0.2, -0.15) is 0 Å². The highest BCUT2D eigenvalue weighted by Crippen LogP contribution is 2.43. The Kier molecular flexibility index (Phi) is 10.9. The van der Waals surface area contributed by atoms with E-state index in [0.29, 0.717) is 39.5 Å². The van der Waals surface area contributed by atoms with Crippen LogP contribution in [-0.4, -0.2) is 49.7 Å². The molecule has 2 aliphatic heterocycles. The summed E-state index contributed by atoms with van der Waals surface area (Å²) < 4.78 is 39.0. The van der Waals surface area contributed by atoms with E-state index in [1.165, 1.54) is 0 Å². The third kappa shape index (κ3) is 7.92. The minimum absolute atomic E-state index is 0.243. The van der Waals surface area contributed by atoms with Crippen LogP contribution in [0, 0.1) is 5.41 Å². The lowest BCUT2D eigenvalue weighted by atomic mass is 9.76. The number of benzene rings is 4. The van der Waals surface area contributed by atoms with Crippen LogP contribution < -0.4 is 0 Å². The Hall–Kier alpha value is -3.85. The van der Waals surface area contributed by atoms with E-state index in [4.69, 9.17) is 28.4 Å². The first-order valence-corrected chi connectivity index (χ1v) is 16.0. The lowest BCUT2D eigenvalue weighted by molar-refractivity contribution is -0.288. The van der Waals surface area contributed by atoms with Gasteiger partial charge >= 0.3 is 5.97 Å². The highest BCUT2D eigenvalue weighted by Gasteiger charge is 2.58. The molecule has 0 saturated carbocycles. The molecule has 2 heterocycles. The molecule has 1 unspecified atom stereocenters. The van der Waals surface area contributed by atoms with E-state index in [1.54, 1.807) is 0 Å². The second kappa shape index (κ2) is 15.6. The van der Waals surface area contributed by atoms with Crippen molar-refractivity contribution in [2.24, 2.45) is 5.41 Å². The van der Waals surface area contributed by atoms with Crippen molar-refractivity contribution in [3.63, 3.8) is 0 Å². The molecule has 7 heteroatoms. The molecule has 0 amide bonds. The van der Waals surface area contributed by atoms with Crippen molar-refractivity contribution in [3.05, 3.63) is 144 Å². The van der Waals surface area contributed by atoms with Gasteiger partial charge in [-0.3, -0.25) is 4.79 Å². The van der Waals surface area contributed by atoms with Crippen molar-refractivity contribution in [2.45, 2.75) is 70.3 Å². The summed E-state index contributed by atoms with van der Waals surface area (Å²) in [5.41, 5.74) is 3.19. The monoisotopic (exact) mass is 622 g/mol. The maximum Gasteiger partial charge on any atom is 0.314 e. The van der Waals surface area contributed by atoms with Crippen LogP contribution in [0.4, 0.5) is 0 Å². The number of ether oxygens (including phenoxy) is 6. The molecule has 0 bridgehead atoms. The molecular formula is C39H42O7. The molecular weight excluding hydrogens is 580 g/mol. The van der Waals surface area contributed by atoms with Crippen LogP contribution in [0.5, 0.6) is 0 Å². The van der Waals surface area contributed by atoms with Crippen LogP contribution in [0.3, 0.4) is 0 Å². The number of esters is 1. The third-order valence-electron chi connectivity index (χ3n) is 8.83. The summed E-state index contributed by atoms with van der Waals surface area (Å²) in [5.74, 6) is -0.291. The van der Waals surface area contributed by atoms with Gasteiger partial charge in [-0.15, -0.1) is 0 Å². The first-order valence-electron chi connectivity index (χ1n) is 16.0. The van der Waals surface area contributed by atoms with E-state index < -0.39 is 35.9 Å². The molecule has 4 aromatic rings. The average molecular weight is 623 g/mol. The van der Waals surface area contributed by atoms with Gasteiger partial charge in [0.25, 0.3) is 0 Å². The summed E-state index contributed by atoms with van der Waals surface area (Å²) in [6.45, 7) is 3.92. The molecule has 46 heavy (non-hydrogen) atoms. The maximum absolute atomic E-state index is 13.3. The molecule has 240 valence electrons. The van der Waals surface area contributed by atoms with Gasteiger partial charge in [0.05, 0.1) is 45.1 Å². The molecule has 0 spiro atoms. The van der Waals surface area contributed by atoms with E-state index in [1.807, 2.05) is 128 Å². The summed E-state index contributed by atoms with van der Waals surface area (Å²) in [4.78, 5) is 13.3. The summed E-state index contributed by atoms with van der Waals surface area (Å²) in [6.07, 6.45) is -2.46. The van der Waals surface area contributed by atoms with Gasteiger partial charge in [0.1, 0.15) is 30.5 Å². The molecule has 0 N–H and O–H groups in total. The smallest absolute Gasteiger partial charge is 0.314 e. The van der Waals surface area contributed by atoms with Crippen LogP contribution in [0.1, 0.15) is 35.6 Å². The second-order valence-corrected chi connectivity index (χ2v) is 12.2. The van der Waals surface area contributed by atoms with Crippen LogP contribution in [-0.2, 0) is 59.6 Å². The number of rotatable bonds is 14. The first-order chi connectivity index (χ1) is 22.6. The summed E-state index contributed by atoms with van der Waals surface area (Å²) in [7, 11) is 0. The Bertz CT molecular complexity index is 1480. The zero-order valence-electron chi connectivity index (χ0n) is 26.2. The molecule has 2 saturated heterocycles. The number of hydrogen-bond donors (Lipinski definition) is 0. The largest absolute Gasteiger partial charge is 0.465 e. The summed E-state index contributed by atoms with van der Waals surface area (Å²) in [6, 6.07) is 40.1. The molecule has 0 aromatic heterocycles. The van der Waals surface area contributed by atoms with Gasteiger partial charge in [0.2, 0.25) is 0 Å². The van der Waals surface area contributed by atoms with Gasteiger partial charge in [-0.05, 0) is 35.6 Å². The van der Waals surface area contributed by atoms with Crippen molar-refractivity contribution in [3.8, 4) is 0 Å². The Morgan fingerprint density at radius 3 is 1.50 bits per heavy atom. The Morgan fingerprint density at radius 1 is 0.609 bits per heavy atom. The molecule has 2 aliphatic rings. The van der Waals surface area contributed by atoms with Gasteiger partial charge in [0, 0.05) is 0 Å². The van der Waals surface area contributed by atoms with E-state index in [9.17, 15) is 4.79 Å². The standard InChI is InChI=1S/C39H42O7/c1-39(22-23-42-38(39)40)37-36(45-27-32-20-12-5-13-21-32)35(44-26-31-18-10-4-11-19-31)34(43-25-30-16-8-3-9-17-30)33(46-37)28-41-24-29-14-6-2-7-15-29/h2-21,33-37H,22-28H2,1H3/t33-,34-,35+,36-,37-,39?/m1/s1. The Morgan fingerprint density at radius 2 is 1.04 bits per heavy atom. The van der Waals surface area contributed by atoms with Crippen LogP contribution >= 0.6 is 0 Å². The fraction of sp³-hybridized carbons (Fsp3) is 0.359. The van der Waals surface area contributed by atoms with Crippen molar-refractivity contribution < 1.29 is 33.2 Å². The number of carbonyl (C=O) groups is 1. The topological polar surface area (TPSA) is 72.5 Å². The van der Waals surface area contributed by atoms with Gasteiger partial charge in [-0.1, -0.05) is 121 Å². The SMILES string of the molecule is CC1([C@@H]2O[C@H](COCc3ccccc3)[C@@H](OCc3ccccc3)[C@H](OCc3ccccc3)[C@H]2OCc2ccccc2)CCOC1=O. The molecule has 6 atom stereocenters. The van der Waals surface area contributed by atoms with Crippen molar-refractivity contribution in [1.29, 1.82) is 0 Å². The fourth-order valence-electron chi connectivity index (χ4n) is 6.18. The van der Waals surface area contributed by atoms with Gasteiger partial charge in [-0.25, -0.2) is 0 Å². The minimum Gasteiger partial charge on any atom is -0.465 e. The maximum atomic E-state index is 13.3. The zero-order chi connectivity index (χ0) is 31.6. The van der Waals surface area contributed by atoms with E-state index >= 15 is 0 Å². The van der Waals surface area contributed by atoms with Crippen molar-refractivity contribution in [2.75, 3.05) is 13.2 Å². The minimum atomic E-state index is -0.933. The van der Waals surface area contributed by atoms with Crippen molar-refractivity contribution >= 4 is 5.97 Å². The lowest BCUT2D eigenvalue weighted by Gasteiger charge is -2.49. The van der Waals surface area contributed by atoms with Crippen molar-refractivity contribution in [1.82, 2.24) is 0 Å². The first kappa shape index (κ1) is 32.1. The second-order valence-electron chi connectivity index (χ2n) is 12.2. The number of cyclic esters (lactones) is 1. The molecule has 7 nitrogen and oxygen atoms in total. The van der Waals surface area contributed by atoms with Gasteiger partial charge in [0.15, 0.2) is 0 Å². The highest BCUT2D eigenvalue weighted by molar-refractivity contribution is 5.79. The van der Waals surface area contributed by atoms with Crippen LogP contribution in [0.25, 0.3) is 0 Å². The van der Waals surface area contributed by atoms with Crippen LogP contribution in [0.2, 0.25) is 0 Å². The van der Waals surface area contributed by atoms with Crippen LogP contribution in [0.15, 0.2) is 121 Å². The molecule has 0 radical (unpaired) electrons. The lowest BCUT2D eigenvalue weighted by Crippen LogP contribution is -2.65. The number of hydrogen-bond acceptors (Lipinski definition) is 7. The van der Waals surface area contributed by atoms with E-state index in [0.717, 1.165) is 22.3 Å². The number of carbonyl (C=O) groups excluding carboxylic acids is 1. The fourth-order valence-corrected chi connectivity index (χ4v) is 6.18. The zero-order valence-corrected chi connectivity index (χ0v) is 26.2.